The van der Waals surface area contributed by atoms with Crippen LogP contribution in [-0.4, -0.2) is 12.3 Å². The van der Waals surface area contributed by atoms with Crippen molar-refractivity contribution in [2.24, 2.45) is 0 Å². The summed E-state index contributed by atoms with van der Waals surface area (Å²) in [6, 6.07) is 13.1. The second kappa shape index (κ2) is 8.32. The molecule has 0 spiro atoms. The summed E-state index contributed by atoms with van der Waals surface area (Å²) in [6.07, 6.45) is 0. The van der Waals surface area contributed by atoms with Crippen molar-refractivity contribution in [2.45, 2.75) is 17.9 Å². The monoisotopic (exact) mass is 431 g/mol. The van der Waals surface area contributed by atoms with E-state index in [1.54, 1.807) is 17.8 Å². The van der Waals surface area contributed by atoms with Gasteiger partial charge in [-0.3, -0.25) is 0 Å². The van der Waals surface area contributed by atoms with Crippen LogP contribution in [0.4, 0.5) is 4.39 Å². The molecule has 1 unspecified atom stereocenters. The maximum atomic E-state index is 14.1. The number of rotatable bonds is 6. The lowest BCUT2D eigenvalue weighted by atomic mass is 10.1. The molecule has 21 heavy (non-hydrogen) atoms. The summed E-state index contributed by atoms with van der Waals surface area (Å²) in [7, 11) is 0. The molecule has 2 aromatic carbocycles. The Morgan fingerprint density at radius 2 is 1.95 bits per heavy atom. The fourth-order valence-corrected chi connectivity index (χ4v) is 4.05. The summed E-state index contributed by atoms with van der Waals surface area (Å²) >= 11 is 8.67. The van der Waals surface area contributed by atoms with Gasteiger partial charge in [0.25, 0.3) is 0 Å². The minimum atomic E-state index is -0.170. The molecule has 2 aromatic rings. The van der Waals surface area contributed by atoms with Crippen molar-refractivity contribution in [3.05, 3.63) is 62.8 Å². The molecule has 5 heteroatoms. The van der Waals surface area contributed by atoms with E-state index in [1.807, 2.05) is 31.2 Å². The maximum Gasteiger partial charge on any atom is 0.128 e. The Bertz CT molecular complexity index is 607. The molecule has 0 fully saturated rings. The zero-order valence-corrected chi connectivity index (χ0v) is 15.6. The van der Waals surface area contributed by atoms with E-state index < -0.39 is 0 Å². The van der Waals surface area contributed by atoms with Gasteiger partial charge in [0.2, 0.25) is 0 Å². The molecule has 0 saturated heterocycles. The molecule has 1 atom stereocenters. The van der Waals surface area contributed by atoms with E-state index in [4.69, 9.17) is 0 Å². The number of benzene rings is 2. The van der Waals surface area contributed by atoms with Crippen LogP contribution in [-0.2, 0) is 0 Å². The van der Waals surface area contributed by atoms with Crippen LogP contribution in [0.3, 0.4) is 0 Å². The van der Waals surface area contributed by atoms with Gasteiger partial charge in [0, 0.05) is 31.2 Å². The van der Waals surface area contributed by atoms with Crippen LogP contribution in [0.5, 0.6) is 0 Å². The first-order chi connectivity index (χ1) is 10.1. The smallest absolute Gasteiger partial charge is 0.128 e. The lowest BCUT2D eigenvalue weighted by molar-refractivity contribution is 0.545. The molecule has 0 aliphatic carbocycles. The maximum absolute atomic E-state index is 14.1. The van der Waals surface area contributed by atoms with Gasteiger partial charge < -0.3 is 5.32 Å². The second-order valence-electron chi connectivity index (χ2n) is 4.52. The van der Waals surface area contributed by atoms with Gasteiger partial charge in [-0.25, -0.2) is 4.39 Å². The number of hydrogen-bond donors (Lipinski definition) is 1. The van der Waals surface area contributed by atoms with Gasteiger partial charge in [0.05, 0.1) is 0 Å². The van der Waals surface area contributed by atoms with E-state index in [0.29, 0.717) is 5.56 Å². The van der Waals surface area contributed by atoms with Crippen molar-refractivity contribution < 1.29 is 4.39 Å². The number of halogens is 3. The number of nitrogens with one attached hydrogen (secondary N) is 1. The fraction of sp³-hybridized carbons (Fsp3) is 0.250. The molecule has 0 aromatic heterocycles. The van der Waals surface area contributed by atoms with Crippen molar-refractivity contribution in [3.63, 3.8) is 0 Å². The van der Waals surface area contributed by atoms with Gasteiger partial charge in [-0.05, 0) is 52.8 Å². The molecule has 0 bridgehead atoms. The predicted molar refractivity (Wildman–Crippen MR) is 95.4 cm³/mol. The van der Waals surface area contributed by atoms with E-state index in [9.17, 15) is 4.39 Å². The molecule has 0 saturated carbocycles. The first-order valence-corrected chi connectivity index (χ1v) is 9.24. The molecule has 0 amide bonds. The van der Waals surface area contributed by atoms with Crippen LogP contribution in [0.15, 0.2) is 56.3 Å². The topological polar surface area (TPSA) is 12.0 Å². The Morgan fingerprint density at radius 3 is 2.67 bits per heavy atom. The molecular weight excluding hydrogens is 417 g/mol. The fourth-order valence-electron chi connectivity index (χ4n) is 2.02. The van der Waals surface area contributed by atoms with Crippen molar-refractivity contribution in [1.82, 2.24) is 5.32 Å². The summed E-state index contributed by atoms with van der Waals surface area (Å²) in [5, 5.41) is 3.36. The third-order valence-electron chi connectivity index (χ3n) is 3.03. The molecule has 0 radical (unpaired) electrons. The van der Waals surface area contributed by atoms with Gasteiger partial charge >= 0.3 is 0 Å². The molecule has 0 aliphatic rings. The van der Waals surface area contributed by atoms with Gasteiger partial charge in [-0.15, -0.1) is 11.8 Å². The zero-order valence-electron chi connectivity index (χ0n) is 11.6. The standard InChI is InChI=1S/C16H16Br2FNS/c1-2-20-15(12-9-11(17)7-8-14(12)19)10-21-16-6-4-3-5-13(16)18/h3-9,15,20H,2,10H2,1H3. The minimum absolute atomic E-state index is 0.0235. The Morgan fingerprint density at radius 1 is 1.19 bits per heavy atom. The van der Waals surface area contributed by atoms with E-state index >= 15 is 0 Å². The van der Waals surface area contributed by atoms with Gasteiger partial charge in [0.15, 0.2) is 0 Å². The third-order valence-corrected chi connectivity index (χ3v) is 5.64. The molecule has 1 nitrogen and oxygen atoms in total. The normalized spacial score (nSPS) is 12.4. The Labute approximate surface area is 146 Å². The first-order valence-electron chi connectivity index (χ1n) is 6.67. The molecule has 112 valence electrons. The predicted octanol–water partition coefficient (Wildman–Crippen LogP) is 5.79. The summed E-state index contributed by atoms with van der Waals surface area (Å²) in [5.41, 5.74) is 0.700. The van der Waals surface area contributed by atoms with Crippen LogP contribution >= 0.6 is 43.6 Å². The number of hydrogen-bond acceptors (Lipinski definition) is 2. The van der Waals surface area contributed by atoms with E-state index in [0.717, 1.165) is 26.1 Å². The Kier molecular flexibility index (Phi) is 6.74. The summed E-state index contributed by atoms with van der Waals surface area (Å²) in [4.78, 5) is 1.16. The lowest BCUT2D eigenvalue weighted by Crippen LogP contribution is -2.24. The summed E-state index contributed by atoms with van der Waals surface area (Å²) in [6.45, 7) is 2.83. The second-order valence-corrected chi connectivity index (χ2v) is 7.35. The van der Waals surface area contributed by atoms with E-state index in [-0.39, 0.29) is 11.9 Å². The minimum Gasteiger partial charge on any atom is -0.309 e. The van der Waals surface area contributed by atoms with Gasteiger partial charge in [0.1, 0.15) is 5.82 Å². The van der Waals surface area contributed by atoms with E-state index in [2.05, 4.69) is 43.2 Å². The Balaban J connectivity index is 2.16. The largest absolute Gasteiger partial charge is 0.309 e. The average molecular weight is 433 g/mol. The quantitative estimate of drug-likeness (QED) is 0.579. The zero-order chi connectivity index (χ0) is 15.2. The highest BCUT2D eigenvalue weighted by molar-refractivity contribution is 9.10. The lowest BCUT2D eigenvalue weighted by Gasteiger charge is -2.19. The molecule has 2 rings (SSSR count). The van der Waals surface area contributed by atoms with Crippen LogP contribution < -0.4 is 5.32 Å². The van der Waals surface area contributed by atoms with Crippen molar-refractivity contribution >= 4 is 43.6 Å². The summed E-state index contributed by atoms with van der Waals surface area (Å²) in [5.74, 6) is 0.598. The van der Waals surface area contributed by atoms with Crippen molar-refractivity contribution in [1.29, 1.82) is 0 Å². The Hall–Kier alpha value is -0.360. The average Bonchev–Trinajstić information content (AvgIpc) is 2.48. The summed E-state index contributed by atoms with van der Waals surface area (Å²) < 4.78 is 16.0. The van der Waals surface area contributed by atoms with Crippen molar-refractivity contribution in [2.75, 3.05) is 12.3 Å². The van der Waals surface area contributed by atoms with Gasteiger partial charge in [-0.2, -0.15) is 0 Å². The number of thioether (sulfide) groups is 1. The SMILES string of the molecule is CCNC(CSc1ccccc1Br)c1cc(Br)ccc1F. The highest BCUT2D eigenvalue weighted by Crippen LogP contribution is 2.31. The van der Waals surface area contributed by atoms with Crippen LogP contribution in [0.1, 0.15) is 18.5 Å². The van der Waals surface area contributed by atoms with Crippen LogP contribution in [0.2, 0.25) is 0 Å². The van der Waals surface area contributed by atoms with Crippen LogP contribution in [0.25, 0.3) is 0 Å². The first kappa shape index (κ1) is 17.0. The molecule has 1 N–H and O–H groups in total. The molecular formula is C16H16Br2FNS. The molecule has 0 aliphatic heterocycles. The highest BCUT2D eigenvalue weighted by Gasteiger charge is 2.16. The van der Waals surface area contributed by atoms with E-state index in [1.165, 1.54) is 6.07 Å². The van der Waals surface area contributed by atoms with Crippen molar-refractivity contribution in [3.8, 4) is 0 Å². The van der Waals surface area contributed by atoms with Crippen LogP contribution in [0, 0.1) is 5.82 Å². The third kappa shape index (κ3) is 4.81. The molecule has 0 heterocycles. The highest BCUT2D eigenvalue weighted by atomic mass is 79.9. The van der Waals surface area contributed by atoms with Gasteiger partial charge in [-0.1, -0.05) is 35.0 Å².